The van der Waals surface area contributed by atoms with E-state index >= 15 is 0 Å². The number of carbonyl (C=O) groups is 1. The van der Waals surface area contributed by atoms with Gasteiger partial charge in [-0.2, -0.15) is 0 Å². The molecule has 1 aliphatic carbocycles. The van der Waals surface area contributed by atoms with Gasteiger partial charge in [0.05, 0.1) is 21.8 Å². The van der Waals surface area contributed by atoms with Crippen molar-refractivity contribution >= 4 is 29.3 Å². The molecule has 24 heavy (non-hydrogen) atoms. The predicted molar refractivity (Wildman–Crippen MR) is 99.3 cm³/mol. The minimum atomic E-state index is 0.0532. The number of thioether (sulfide) groups is 1. The van der Waals surface area contributed by atoms with E-state index in [1.165, 1.54) is 43.0 Å². The fourth-order valence-corrected chi connectivity index (χ4v) is 3.99. The molecular weight excluding hydrogens is 340 g/mol. The number of nitrogens with one attached hydrogen (secondary N) is 1. The number of amides is 1. The van der Waals surface area contributed by atoms with Crippen molar-refractivity contribution in [1.82, 2.24) is 10.3 Å². The molecule has 5 heteroatoms. The molecule has 3 nitrogen and oxygen atoms in total. The third-order valence-electron chi connectivity index (χ3n) is 4.40. The number of hydrogen-bond acceptors (Lipinski definition) is 3. The van der Waals surface area contributed by atoms with Gasteiger partial charge < -0.3 is 5.32 Å². The number of benzene rings is 1. The quantitative estimate of drug-likeness (QED) is 0.747. The van der Waals surface area contributed by atoms with Crippen molar-refractivity contribution in [2.75, 3.05) is 5.75 Å². The summed E-state index contributed by atoms with van der Waals surface area (Å²) >= 11 is 7.27. The summed E-state index contributed by atoms with van der Waals surface area (Å²) in [5.41, 5.74) is 1.20. The van der Waals surface area contributed by atoms with Crippen molar-refractivity contribution in [2.24, 2.45) is 5.92 Å². The molecule has 126 valence electrons. The topological polar surface area (TPSA) is 42.0 Å². The van der Waals surface area contributed by atoms with Crippen LogP contribution in [-0.4, -0.2) is 16.6 Å². The van der Waals surface area contributed by atoms with Gasteiger partial charge >= 0.3 is 0 Å². The molecule has 1 amide bonds. The van der Waals surface area contributed by atoms with Crippen molar-refractivity contribution in [3.05, 3.63) is 59.2 Å². The van der Waals surface area contributed by atoms with E-state index in [1.54, 1.807) is 12.3 Å². The number of hydrogen-bond donors (Lipinski definition) is 1. The number of nitrogens with zero attached hydrogens (tertiary/aromatic N) is 1. The second-order valence-corrected chi connectivity index (χ2v) is 7.54. The fourth-order valence-electron chi connectivity index (χ4n) is 3.23. The van der Waals surface area contributed by atoms with E-state index in [2.05, 4.69) is 22.4 Å². The van der Waals surface area contributed by atoms with Crippen LogP contribution in [0, 0.1) is 5.92 Å². The lowest BCUT2D eigenvalue weighted by molar-refractivity contribution is -0.119. The van der Waals surface area contributed by atoms with Crippen LogP contribution in [-0.2, 0) is 4.79 Å². The molecule has 3 rings (SSSR count). The van der Waals surface area contributed by atoms with Gasteiger partial charge in [-0.25, -0.2) is 4.98 Å². The van der Waals surface area contributed by atoms with Crippen LogP contribution in [0.3, 0.4) is 0 Å². The zero-order valence-corrected chi connectivity index (χ0v) is 15.0. The number of carbonyl (C=O) groups excluding carboxylic acids is 1. The highest BCUT2D eigenvalue weighted by atomic mass is 35.5. The first-order valence-electron chi connectivity index (χ1n) is 8.31. The zero-order chi connectivity index (χ0) is 16.8. The molecule has 1 heterocycles. The molecule has 1 aromatic heterocycles. The largest absolute Gasteiger partial charge is 0.348 e. The Hall–Kier alpha value is -1.52. The monoisotopic (exact) mass is 360 g/mol. The van der Waals surface area contributed by atoms with Gasteiger partial charge in [-0.15, -0.1) is 0 Å². The molecule has 1 aromatic carbocycles. The molecule has 0 bridgehead atoms. The summed E-state index contributed by atoms with van der Waals surface area (Å²) in [7, 11) is 0. The summed E-state index contributed by atoms with van der Waals surface area (Å²) in [6.07, 6.45) is 6.49. The Labute approximate surface area is 152 Å². The summed E-state index contributed by atoms with van der Waals surface area (Å²) in [4.78, 5) is 16.7. The Balaban J connectivity index is 1.61. The van der Waals surface area contributed by atoms with Gasteiger partial charge in [0.15, 0.2) is 0 Å². The van der Waals surface area contributed by atoms with Crippen LogP contribution in [0.25, 0.3) is 0 Å². The van der Waals surface area contributed by atoms with Gasteiger partial charge in [-0.1, -0.05) is 66.5 Å². The lowest BCUT2D eigenvalue weighted by atomic mass is 9.91. The molecular formula is C19H21ClN2OS. The molecule has 1 atom stereocenters. The number of halogens is 1. The van der Waals surface area contributed by atoms with Crippen LogP contribution in [0.5, 0.6) is 0 Å². The van der Waals surface area contributed by atoms with E-state index < -0.39 is 0 Å². The minimum absolute atomic E-state index is 0.0532. The maximum atomic E-state index is 12.4. The van der Waals surface area contributed by atoms with Crippen LogP contribution in [0.4, 0.5) is 0 Å². The van der Waals surface area contributed by atoms with Gasteiger partial charge in [0, 0.05) is 6.20 Å². The van der Waals surface area contributed by atoms with Crippen LogP contribution < -0.4 is 5.32 Å². The van der Waals surface area contributed by atoms with E-state index in [-0.39, 0.29) is 11.9 Å². The maximum absolute atomic E-state index is 12.4. The van der Waals surface area contributed by atoms with E-state index in [0.29, 0.717) is 16.7 Å². The van der Waals surface area contributed by atoms with Crippen LogP contribution in [0.1, 0.15) is 37.3 Å². The van der Waals surface area contributed by atoms with Crippen molar-refractivity contribution in [2.45, 2.75) is 36.8 Å². The van der Waals surface area contributed by atoms with E-state index in [0.717, 1.165) is 5.03 Å². The average molecular weight is 361 g/mol. The van der Waals surface area contributed by atoms with E-state index in [1.807, 2.05) is 24.3 Å². The molecule has 0 saturated heterocycles. The molecule has 1 fully saturated rings. The smallest absolute Gasteiger partial charge is 0.230 e. The normalized spacial score (nSPS) is 16.0. The summed E-state index contributed by atoms with van der Waals surface area (Å²) in [5, 5.41) is 4.66. The van der Waals surface area contributed by atoms with Gasteiger partial charge in [-0.05, 0) is 36.5 Å². The van der Waals surface area contributed by atoms with Crippen molar-refractivity contribution in [3.8, 4) is 0 Å². The number of rotatable bonds is 6. The second-order valence-electron chi connectivity index (χ2n) is 6.10. The molecule has 0 aliphatic heterocycles. The third-order valence-corrected chi connectivity index (χ3v) is 5.57. The second kappa shape index (κ2) is 8.54. The highest BCUT2D eigenvalue weighted by molar-refractivity contribution is 7.99. The average Bonchev–Trinajstić information content (AvgIpc) is 3.14. The first-order valence-corrected chi connectivity index (χ1v) is 9.67. The third kappa shape index (κ3) is 4.74. The molecule has 1 N–H and O–H groups in total. The first kappa shape index (κ1) is 17.3. The fraction of sp³-hybridized carbons (Fsp3) is 0.368. The SMILES string of the molecule is O=C(CSc1ccc(Cl)cn1)NC(c1ccccc1)C1CCCC1. The predicted octanol–water partition coefficient (Wildman–Crippen LogP) is 4.87. The molecule has 0 spiro atoms. The zero-order valence-electron chi connectivity index (χ0n) is 13.5. The highest BCUT2D eigenvalue weighted by Gasteiger charge is 2.27. The lowest BCUT2D eigenvalue weighted by Gasteiger charge is -2.25. The van der Waals surface area contributed by atoms with Gasteiger partial charge in [0.25, 0.3) is 0 Å². The van der Waals surface area contributed by atoms with Gasteiger partial charge in [-0.3, -0.25) is 4.79 Å². The number of aromatic nitrogens is 1. The summed E-state index contributed by atoms with van der Waals surface area (Å²) < 4.78 is 0. The molecule has 2 aromatic rings. The Kier molecular flexibility index (Phi) is 6.16. The van der Waals surface area contributed by atoms with E-state index in [9.17, 15) is 4.79 Å². The van der Waals surface area contributed by atoms with Crippen molar-refractivity contribution < 1.29 is 4.79 Å². The summed E-state index contributed by atoms with van der Waals surface area (Å²) in [6, 6.07) is 14.0. The van der Waals surface area contributed by atoms with Crippen LogP contribution in [0.15, 0.2) is 53.7 Å². The van der Waals surface area contributed by atoms with Gasteiger partial charge in [0.1, 0.15) is 0 Å². The standard InChI is InChI=1S/C19H21ClN2OS/c20-16-10-11-18(21-12-16)24-13-17(23)22-19(15-8-4-5-9-15)14-6-2-1-3-7-14/h1-3,6-7,10-12,15,19H,4-5,8-9,13H2,(H,22,23). The lowest BCUT2D eigenvalue weighted by Crippen LogP contribution is -2.33. The molecule has 1 aliphatic rings. The Morgan fingerprint density at radius 2 is 1.96 bits per heavy atom. The van der Waals surface area contributed by atoms with Crippen LogP contribution >= 0.6 is 23.4 Å². The van der Waals surface area contributed by atoms with Gasteiger partial charge in [0.2, 0.25) is 5.91 Å². The maximum Gasteiger partial charge on any atom is 0.230 e. The van der Waals surface area contributed by atoms with Crippen molar-refractivity contribution in [3.63, 3.8) is 0 Å². The summed E-state index contributed by atoms with van der Waals surface area (Å²) in [5.74, 6) is 0.956. The molecule has 1 saturated carbocycles. The molecule has 1 unspecified atom stereocenters. The highest BCUT2D eigenvalue weighted by Crippen LogP contribution is 2.35. The van der Waals surface area contributed by atoms with Crippen LogP contribution in [0.2, 0.25) is 5.02 Å². The first-order chi connectivity index (χ1) is 11.7. The number of pyridine rings is 1. The Morgan fingerprint density at radius 1 is 1.21 bits per heavy atom. The minimum Gasteiger partial charge on any atom is -0.348 e. The molecule has 0 radical (unpaired) electrons. The Morgan fingerprint density at radius 3 is 2.62 bits per heavy atom. The van der Waals surface area contributed by atoms with E-state index in [4.69, 9.17) is 11.6 Å². The Bertz CT molecular complexity index is 657. The van der Waals surface area contributed by atoms with Crippen molar-refractivity contribution in [1.29, 1.82) is 0 Å². The summed E-state index contributed by atoms with van der Waals surface area (Å²) in [6.45, 7) is 0.